The average Bonchev–Trinajstić information content (AvgIpc) is 3.09. The zero-order valence-electron chi connectivity index (χ0n) is 11.2. The summed E-state index contributed by atoms with van der Waals surface area (Å²) >= 11 is 7.02. The van der Waals surface area contributed by atoms with Gasteiger partial charge in [-0.1, -0.05) is 6.92 Å². The minimum atomic E-state index is 0.343. The van der Waals surface area contributed by atoms with Crippen molar-refractivity contribution in [1.82, 2.24) is 14.7 Å². The summed E-state index contributed by atoms with van der Waals surface area (Å²) in [6.45, 7) is 3.23. The van der Waals surface area contributed by atoms with Gasteiger partial charge in [-0.15, -0.1) is 22.7 Å². The Balaban J connectivity index is 1.80. The summed E-state index contributed by atoms with van der Waals surface area (Å²) in [5.41, 5.74) is 1.15. The molecule has 0 bridgehead atoms. The molecule has 0 aromatic carbocycles. The van der Waals surface area contributed by atoms with Gasteiger partial charge in [0.05, 0.1) is 5.69 Å². The van der Waals surface area contributed by atoms with E-state index in [-0.39, 0.29) is 0 Å². The number of rotatable bonds is 6. The lowest BCUT2D eigenvalue weighted by molar-refractivity contribution is 0.532. The number of aromatic nitrogens is 2. The molecule has 3 aromatic rings. The van der Waals surface area contributed by atoms with Crippen molar-refractivity contribution >= 4 is 43.6 Å². The van der Waals surface area contributed by atoms with Gasteiger partial charge >= 0.3 is 0 Å². The van der Waals surface area contributed by atoms with Crippen LogP contribution < -0.4 is 5.32 Å². The van der Waals surface area contributed by atoms with E-state index in [4.69, 9.17) is 0 Å². The molecule has 0 saturated carbocycles. The fourth-order valence-corrected chi connectivity index (χ4v) is 4.43. The second-order valence-electron chi connectivity index (χ2n) is 4.70. The highest BCUT2D eigenvalue weighted by Crippen LogP contribution is 2.28. The molecular weight excluding hydrogens is 354 g/mol. The Labute approximate surface area is 134 Å². The molecule has 20 heavy (non-hydrogen) atoms. The Morgan fingerprint density at radius 1 is 1.45 bits per heavy atom. The van der Waals surface area contributed by atoms with Crippen LogP contribution in [0, 0.1) is 0 Å². The van der Waals surface area contributed by atoms with Crippen molar-refractivity contribution in [1.29, 1.82) is 0 Å². The second-order valence-corrected chi connectivity index (χ2v) is 7.43. The molecule has 0 spiro atoms. The van der Waals surface area contributed by atoms with Crippen LogP contribution in [-0.2, 0) is 6.42 Å². The topological polar surface area (TPSA) is 29.3 Å². The fourth-order valence-electron chi connectivity index (χ4n) is 2.19. The molecule has 0 fully saturated rings. The summed E-state index contributed by atoms with van der Waals surface area (Å²) in [6, 6.07) is 2.55. The van der Waals surface area contributed by atoms with Crippen LogP contribution in [-0.4, -0.2) is 15.9 Å². The molecule has 6 heteroatoms. The average molecular weight is 370 g/mol. The first-order valence-corrected chi connectivity index (χ1v) is 9.20. The van der Waals surface area contributed by atoms with Crippen LogP contribution in [0.5, 0.6) is 0 Å². The Bertz CT molecular complexity index is 657. The third kappa shape index (κ3) is 3.14. The van der Waals surface area contributed by atoms with Crippen LogP contribution in [0.4, 0.5) is 0 Å². The van der Waals surface area contributed by atoms with Crippen LogP contribution in [0.3, 0.4) is 0 Å². The van der Waals surface area contributed by atoms with Crippen molar-refractivity contribution in [2.45, 2.75) is 25.8 Å². The lowest BCUT2D eigenvalue weighted by atomic mass is 10.1. The van der Waals surface area contributed by atoms with E-state index in [9.17, 15) is 0 Å². The minimum absolute atomic E-state index is 0.343. The van der Waals surface area contributed by atoms with Gasteiger partial charge in [0.25, 0.3) is 0 Å². The number of thiazole rings is 1. The van der Waals surface area contributed by atoms with E-state index in [2.05, 4.69) is 66.8 Å². The molecule has 1 unspecified atom stereocenters. The molecule has 3 nitrogen and oxygen atoms in total. The van der Waals surface area contributed by atoms with Gasteiger partial charge in [0, 0.05) is 45.0 Å². The van der Waals surface area contributed by atoms with E-state index in [1.807, 2.05) is 0 Å². The van der Waals surface area contributed by atoms with E-state index in [0.717, 1.165) is 34.5 Å². The molecule has 3 heterocycles. The second kappa shape index (κ2) is 6.39. The summed E-state index contributed by atoms with van der Waals surface area (Å²) in [4.78, 5) is 7.12. The third-order valence-electron chi connectivity index (χ3n) is 3.13. The van der Waals surface area contributed by atoms with E-state index in [0.29, 0.717) is 6.04 Å². The minimum Gasteiger partial charge on any atom is -0.309 e. The molecule has 106 valence electrons. The van der Waals surface area contributed by atoms with Gasteiger partial charge in [0.1, 0.15) is 0 Å². The van der Waals surface area contributed by atoms with Gasteiger partial charge < -0.3 is 5.32 Å². The van der Waals surface area contributed by atoms with Crippen molar-refractivity contribution < 1.29 is 0 Å². The predicted molar refractivity (Wildman–Crippen MR) is 89.8 cm³/mol. The standard InChI is InChI=1S/C14H16BrN3S2/c1-2-3-16-12(13-6-10(15)9-20-13)7-11-8-18-4-5-19-14(18)17-11/h4-6,8-9,12,16H,2-3,7H2,1H3. The van der Waals surface area contributed by atoms with Crippen LogP contribution in [0.2, 0.25) is 0 Å². The zero-order chi connectivity index (χ0) is 13.9. The maximum Gasteiger partial charge on any atom is 0.193 e. The van der Waals surface area contributed by atoms with Gasteiger partial charge in [-0.05, 0) is 35.0 Å². The molecular formula is C14H16BrN3S2. The number of hydrogen-bond acceptors (Lipinski definition) is 4. The lowest BCUT2D eigenvalue weighted by Crippen LogP contribution is -2.23. The van der Waals surface area contributed by atoms with Gasteiger partial charge in [0.2, 0.25) is 0 Å². The molecule has 0 aliphatic heterocycles. The Kier molecular flexibility index (Phi) is 4.55. The number of halogens is 1. The SMILES string of the molecule is CCCNC(Cc1cn2ccsc2n1)c1cc(Br)cs1. The molecule has 3 rings (SSSR count). The van der Waals surface area contributed by atoms with Crippen molar-refractivity contribution in [2.75, 3.05) is 6.54 Å². The van der Waals surface area contributed by atoms with Crippen LogP contribution in [0.15, 0.2) is 33.7 Å². The normalized spacial score (nSPS) is 13.1. The number of nitrogens with one attached hydrogen (secondary N) is 1. The van der Waals surface area contributed by atoms with E-state index in [1.165, 1.54) is 4.88 Å². The molecule has 0 saturated heterocycles. The Morgan fingerprint density at radius 2 is 2.35 bits per heavy atom. The van der Waals surface area contributed by atoms with Crippen molar-refractivity contribution in [3.05, 3.63) is 44.3 Å². The Hall–Kier alpha value is -0.690. The van der Waals surface area contributed by atoms with Crippen molar-refractivity contribution in [2.24, 2.45) is 0 Å². The summed E-state index contributed by atoms with van der Waals surface area (Å²) in [5, 5.41) is 7.83. The largest absolute Gasteiger partial charge is 0.309 e. The van der Waals surface area contributed by atoms with E-state index >= 15 is 0 Å². The number of fused-ring (bicyclic) bond motifs is 1. The molecule has 1 N–H and O–H groups in total. The molecule has 1 atom stereocenters. The van der Waals surface area contributed by atoms with Crippen LogP contribution >= 0.6 is 38.6 Å². The number of nitrogens with zero attached hydrogens (tertiary/aromatic N) is 2. The summed E-state index contributed by atoms with van der Waals surface area (Å²) in [7, 11) is 0. The molecule has 0 aliphatic rings. The summed E-state index contributed by atoms with van der Waals surface area (Å²) in [6.07, 6.45) is 6.27. The fraction of sp³-hybridized carbons (Fsp3) is 0.357. The van der Waals surface area contributed by atoms with E-state index in [1.54, 1.807) is 22.7 Å². The van der Waals surface area contributed by atoms with Gasteiger partial charge in [-0.25, -0.2) is 4.98 Å². The first-order valence-electron chi connectivity index (χ1n) is 6.64. The highest BCUT2D eigenvalue weighted by molar-refractivity contribution is 9.10. The highest BCUT2D eigenvalue weighted by Gasteiger charge is 2.15. The number of thiophene rings is 1. The maximum absolute atomic E-state index is 4.69. The predicted octanol–water partition coefficient (Wildman–Crippen LogP) is 4.50. The van der Waals surface area contributed by atoms with E-state index < -0.39 is 0 Å². The number of imidazole rings is 1. The van der Waals surface area contributed by atoms with Gasteiger partial charge in [0.15, 0.2) is 4.96 Å². The van der Waals surface area contributed by atoms with Crippen LogP contribution in [0.1, 0.15) is 30.0 Å². The lowest BCUT2D eigenvalue weighted by Gasteiger charge is -2.15. The maximum atomic E-state index is 4.69. The van der Waals surface area contributed by atoms with Crippen LogP contribution in [0.25, 0.3) is 4.96 Å². The molecule has 0 radical (unpaired) electrons. The smallest absolute Gasteiger partial charge is 0.193 e. The van der Waals surface area contributed by atoms with Gasteiger partial charge in [-0.2, -0.15) is 0 Å². The number of hydrogen-bond donors (Lipinski definition) is 1. The van der Waals surface area contributed by atoms with Crippen molar-refractivity contribution in [3.8, 4) is 0 Å². The third-order valence-corrected chi connectivity index (χ3v) is 5.71. The van der Waals surface area contributed by atoms with Crippen molar-refractivity contribution in [3.63, 3.8) is 0 Å². The molecule has 0 amide bonds. The summed E-state index contributed by atoms with van der Waals surface area (Å²) < 4.78 is 3.26. The molecule has 0 aliphatic carbocycles. The zero-order valence-corrected chi connectivity index (χ0v) is 14.4. The highest BCUT2D eigenvalue weighted by atomic mass is 79.9. The van der Waals surface area contributed by atoms with Gasteiger partial charge in [-0.3, -0.25) is 4.40 Å². The first kappa shape index (κ1) is 14.3. The first-order chi connectivity index (χ1) is 9.76. The quantitative estimate of drug-likeness (QED) is 0.692. The summed E-state index contributed by atoms with van der Waals surface area (Å²) in [5.74, 6) is 0. The Morgan fingerprint density at radius 3 is 3.05 bits per heavy atom. The molecule has 3 aromatic heterocycles. The monoisotopic (exact) mass is 369 g/mol.